The largest absolute Gasteiger partial charge is 0.484 e. The second-order valence-corrected chi connectivity index (χ2v) is 0.333. The number of hydrogen-bond donors (Lipinski definition) is 1. The molecule has 0 heterocycles. The SMILES string of the molecule is C[CH-]N.[CH3-].[CH3-].[CH3-].[CH3-].[Ti]. The fraction of sp³-hybridized carbons (Fsp3) is 0.167. The van der Waals surface area contributed by atoms with Crippen molar-refractivity contribution in [1.82, 2.24) is 0 Å². The maximum atomic E-state index is 4.72. The molecule has 0 atom stereocenters. The van der Waals surface area contributed by atoms with Gasteiger partial charge in [0, 0.05) is 21.7 Å². The standard InChI is InChI=1S/C2H6N.4CH3.Ti/c1-2-3;;;;;/h2H,3H2,1H3;4*1H3;/q5*-1;. The Morgan fingerprint density at radius 1 is 1.00 bits per heavy atom. The summed E-state index contributed by atoms with van der Waals surface area (Å²) < 4.78 is 0. The zero-order chi connectivity index (χ0) is 2.71. The van der Waals surface area contributed by atoms with E-state index in [-0.39, 0.29) is 51.4 Å². The minimum atomic E-state index is 0. The van der Waals surface area contributed by atoms with E-state index in [1.54, 1.807) is 6.92 Å². The number of rotatable bonds is 0. The van der Waals surface area contributed by atoms with Gasteiger partial charge in [-0.05, 0) is 0 Å². The first-order chi connectivity index (χ1) is 1.41. The van der Waals surface area contributed by atoms with Crippen LogP contribution >= 0.6 is 0 Å². The predicted molar refractivity (Wildman–Crippen MR) is 39.8 cm³/mol. The average molecular weight is 152 g/mol. The van der Waals surface area contributed by atoms with E-state index in [0.29, 0.717) is 0 Å². The Kier molecular flexibility index (Phi) is 1090. The van der Waals surface area contributed by atoms with E-state index in [1.165, 1.54) is 6.54 Å². The molecule has 0 aliphatic carbocycles. The summed E-state index contributed by atoms with van der Waals surface area (Å²) in [6.45, 7) is 3.28. The Balaban J connectivity index is -0.00000000200. The van der Waals surface area contributed by atoms with Crippen LogP contribution < -0.4 is 5.73 Å². The van der Waals surface area contributed by atoms with E-state index in [9.17, 15) is 0 Å². The molecule has 2 heteroatoms. The molecule has 2 N–H and O–H groups in total. The first-order valence-corrected chi connectivity index (χ1v) is 0.911. The molecule has 0 radical (unpaired) electrons. The molecular formula is C6H18NTi-5. The van der Waals surface area contributed by atoms with Crippen molar-refractivity contribution in [3.63, 3.8) is 0 Å². The van der Waals surface area contributed by atoms with Gasteiger partial charge in [-0.25, -0.2) is 0 Å². The number of nitrogens with two attached hydrogens (primary N) is 1. The van der Waals surface area contributed by atoms with Gasteiger partial charge in [0.25, 0.3) is 0 Å². The summed E-state index contributed by atoms with van der Waals surface area (Å²) in [6.07, 6.45) is 0. The molecule has 0 aliphatic rings. The Morgan fingerprint density at radius 3 is 1.00 bits per heavy atom. The summed E-state index contributed by atoms with van der Waals surface area (Å²) >= 11 is 0. The van der Waals surface area contributed by atoms with Crippen molar-refractivity contribution in [2.75, 3.05) is 0 Å². The molecular weight excluding hydrogens is 134 g/mol. The van der Waals surface area contributed by atoms with Crippen molar-refractivity contribution in [3.05, 3.63) is 36.3 Å². The summed E-state index contributed by atoms with van der Waals surface area (Å²) in [4.78, 5) is 0. The second-order valence-electron chi connectivity index (χ2n) is 0.333. The van der Waals surface area contributed by atoms with Crippen LogP contribution in [0.5, 0.6) is 0 Å². The molecule has 0 aliphatic heterocycles. The smallest absolute Gasteiger partial charge is 0 e. The number of hydrogen-bond acceptors (Lipinski definition) is 1. The van der Waals surface area contributed by atoms with E-state index in [4.69, 9.17) is 5.73 Å². The third-order valence-electron chi connectivity index (χ3n) is 0. The Bertz CT molecular complexity index is 8.49. The van der Waals surface area contributed by atoms with Gasteiger partial charge in [0.15, 0.2) is 0 Å². The predicted octanol–water partition coefficient (Wildman–Crippen LogP) is 1.93. The maximum absolute atomic E-state index is 4.72. The van der Waals surface area contributed by atoms with Crippen LogP contribution in [0.4, 0.5) is 0 Å². The van der Waals surface area contributed by atoms with Crippen LogP contribution in [-0.4, -0.2) is 0 Å². The molecule has 0 aromatic heterocycles. The molecule has 56 valence electrons. The first kappa shape index (κ1) is 71.4. The van der Waals surface area contributed by atoms with Gasteiger partial charge in [0.2, 0.25) is 0 Å². The summed E-state index contributed by atoms with van der Waals surface area (Å²) in [5.41, 5.74) is 4.72. The molecule has 0 rings (SSSR count). The molecule has 8 heavy (non-hydrogen) atoms. The monoisotopic (exact) mass is 152 g/mol. The minimum absolute atomic E-state index is 0. The van der Waals surface area contributed by atoms with Gasteiger partial charge in [-0.15, -0.1) is 0 Å². The fourth-order valence-corrected chi connectivity index (χ4v) is 0. The normalized spacial score (nSPS) is 2.25. The summed E-state index contributed by atoms with van der Waals surface area (Å²) in [5.74, 6) is 0. The maximum Gasteiger partial charge on any atom is 0 e. The Labute approximate surface area is 70.9 Å². The topological polar surface area (TPSA) is 26.0 Å². The Morgan fingerprint density at radius 2 is 1.00 bits per heavy atom. The summed E-state index contributed by atoms with van der Waals surface area (Å²) in [6, 6.07) is 0. The van der Waals surface area contributed by atoms with Crippen molar-refractivity contribution in [1.29, 1.82) is 0 Å². The van der Waals surface area contributed by atoms with Crippen LogP contribution in [0.25, 0.3) is 0 Å². The molecule has 0 spiro atoms. The van der Waals surface area contributed by atoms with E-state index < -0.39 is 0 Å². The molecule has 0 amide bonds. The summed E-state index contributed by atoms with van der Waals surface area (Å²) in [7, 11) is 0. The molecule has 0 bridgehead atoms. The van der Waals surface area contributed by atoms with Gasteiger partial charge in [-0.3, -0.25) is 6.54 Å². The van der Waals surface area contributed by atoms with Crippen LogP contribution in [0.2, 0.25) is 0 Å². The molecule has 0 aromatic carbocycles. The van der Waals surface area contributed by atoms with E-state index >= 15 is 0 Å². The molecule has 0 unspecified atom stereocenters. The van der Waals surface area contributed by atoms with Crippen LogP contribution in [-0.2, 0) is 21.7 Å². The third-order valence-corrected chi connectivity index (χ3v) is 0. The van der Waals surface area contributed by atoms with E-state index in [0.717, 1.165) is 0 Å². The van der Waals surface area contributed by atoms with Gasteiger partial charge >= 0.3 is 0 Å². The van der Waals surface area contributed by atoms with Gasteiger partial charge in [0.05, 0.1) is 0 Å². The molecule has 0 fully saturated rings. The van der Waals surface area contributed by atoms with E-state index in [1.807, 2.05) is 0 Å². The summed E-state index contributed by atoms with van der Waals surface area (Å²) in [5, 5.41) is 0. The van der Waals surface area contributed by atoms with Crippen molar-refractivity contribution in [2.45, 2.75) is 6.92 Å². The minimum Gasteiger partial charge on any atom is -0.484 e. The molecule has 0 saturated carbocycles. The molecule has 0 aromatic rings. The van der Waals surface area contributed by atoms with Crippen LogP contribution in [0.1, 0.15) is 6.92 Å². The van der Waals surface area contributed by atoms with Crippen LogP contribution in [0.3, 0.4) is 0 Å². The van der Waals surface area contributed by atoms with Gasteiger partial charge in [-0.1, -0.05) is 0 Å². The molecule has 1 nitrogen and oxygen atoms in total. The average Bonchev–Trinajstić information content (AvgIpc) is 0.918. The zero-order valence-corrected chi connectivity index (χ0v) is 8.22. The van der Waals surface area contributed by atoms with Gasteiger partial charge in [0.1, 0.15) is 0 Å². The van der Waals surface area contributed by atoms with Crippen LogP contribution in [0, 0.1) is 36.3 Å². The van der Waals surface area contributed by atoms with Gasteiger partial charge < -0.3 is 35.4 Å². The van der Waals surface area contributed by atoms with Crippen molar-refractivity contribution >= 4 is 0 Å². The quantitative estimate of drug-likeness (QED) is 0.416. The fourth-order valence-electron chi connectivity index (χ4n) is 0. The Hall–Kier alpha value is 0.674. The van der Waals surface area contributed by atoms with Gasteiger partial charge in [-0.2, -0.15) is 6.92 Å². The second kappa shape index (κ2) is 122. The molecule has 0 saturated heterocycles. The third kappa shape index (κ3) is 473. The zero-order valence-electron chi connectivity index (χ0n) is 6.65. The van der Waals surface area contributed by atoms with Crippen molar-refractivity contribution in [2.24, 2.45) is 5.73 Å². The van der Waals surface area contributed by atoms with Crippen LogP contribution in [0.15, 0.2) is 0 Å². The first-order valence-electron chi connectivity index (χ1n) is 0.911. The van der Waals surface area contributed by atoms with E-state index in [2.05, 4.69) is 0 Å². The van der Waals surface area contributed by atoms with Crippen molar-refractivity contribution < 1.29 is 21.7 Å². The van der Waals surface area contributed by atoms with Crippen molar-refractivity contribution in [3.8, 4) is 0 Å².